The second-order valence-corrected chi connectivity index (χ2v) is 8.48. The summed E-state index contributed by atoms with van der Waals surface area (Å²) in [7, 11) is 0. The second kappa shape index (κ2) is 11.7. The molecule has 11 nitrogen and oxygen atoms in total. The Morgan fingerprint density at radius 1 is 1.24 bits per heavy atom. The molecule has 3 rings (SSSR count). The highest BCUT2D eigenvalue weighted by molar-refractivity contribution is 7.09. The van der Waals surface area contributed by atoms with E-state index < -0.39 is 36.9 Å². The Morgan fingerprint density at radius 2 is 2.00 bits per heavy atom. The summed E-state index contributed by atoms with van der Waals surface area (Å²) in [5.74, 6) is -1.63. The van der Waals surface area contributed by atoms with Crippen molar-refractivity contribution >= 4 is 52.4 Å². The Balaban J connectivity index is 1.57. The number of amides is 1. The summed E-state index contributed by atoms with van der Waals surface area (Å²) in [4.78, 5) is 40.9. The van der Waals surface area contributed by atoms with Crippen molar-refractivity contribution in [2.24, 2.45) is 0 Å². The van der Waals surface area contributed by atoms with Gasteiger partial charge in [-0.1, -0.05) is 29.3 Å². The minimum Gasteiger partial charge on any atom is -0.481 e. The highest BCUT2D eigenvalue weighted by Crippen LogP contribution is 2.25. The van der Waals surface area contributed by atoms with E-state index in [4.69, 9.17) is 33.0 Å². The molecule has 0 saturated heterocycles. The summed E-state index contributed by atoms with van der Waals surface area (Å²) >= 11 is 13.7. The molecular formula is C19H18Cl2N6O5S. The number of hydrogen-bond donors (Lipinski definition) is 2. The highest BCUT2D eigenvalue weighted by atomic mass is 35.5. The smallest absolute Gasteiger partial charge is 0.407 e. The standard InChI is InChI=1S/C19H18Cl2N6O5S/c20-12-2-1-3-13(21)11(12)8-16-24-26-27(25-16)10-15(28)14(9-18(29)30)23-19(31)32-6-4-17-22-5-7-33-17/h1-3,5,7,14H,4,6,8-10H2,(H,23,31)(H,29,30). The molecule has 0 aliphatic heterocycles. The maximum absolute atomic E-state index is 12.6. The number of Topliss-reactive ketones (excluding diaryl/α,β-unsaturated/α-hetero) is 1. The Hall–Kier alpha value is -3.09. The number of carbonyl (C=O) groups is 3. The molecule has 0 aliphatic rings. The molecule has 0 spiro atoms. The fourth-order valence-corrected chi connectivity index (χ4v) is 3.87. The van der Waals surface area contributed by atoms with Crippen molar-refractivity contribution < 1.29 is 24.2 Å². The number of ketones is 1. The van der Waals surface area contributed by atoms with Crippen LogP contribution in [0.25, 0.3) is 0 Å². The van der Waals surface area contributed by atoms with Crippen molar-refractivity contribution in [3.05, 3.63) is 56.2 Å². The van der Waals surface area contributed by atoms with Crippen LogP contribution in [-0.4, -0.2) is 60.8 Å². The molecule has 1 aromatic carbocycles. The first kappa shape index (κ1) is 24.6. The molecule has 1 unspecified atom stereocenters. The summed E-state index contributed by atoms with van der Waals surface area (Å²) in [6.45, 7) is -0.369. The van der Waals surface area contributed by atoms with Crippen LogP contribution in [0.5, 0.6) is 0 Å². The Kier molecular flexibility index (Phi) is 8.69. The van der Waals surface area contributed by atoms with Crippen molar-refractivity contribution in [2.45, 2.75) is 31.8 Å². The largest absolute Gasteiger partial charge is 0.481 e. The van der Waals surface area contributed by atoms with Crippen molar-refractivity contribution in [1.29, 1.82) is 0 Å². The van der Waals surface area contributed by atoms with E-state index in [1.54, 1.807) is 29.8 Å². The molecule has 0 fully saturated rings. The Morgan fingerprint density at radius 3 is 2.67 bits per heavy atom. The molecule has 2 N–H and O–H groups in total. The zero-order valence-electron chi connectivity index (χ0n) is 17.0. The molecule has 0 radical (unpaired) electrons. The fourth-order valence-electron chi connectivity index (χ4n) is 2.73. The number of alkyl carbamates (subject to hydrolysis) is 1. The van der Waals surface area contributed by atoms with Crippen LogP contribution < -0.4 is 5.32 Å². The third kappa shape index (κ3) is 7.48. The lowest BCUT2D eigenvalue weighted by atomic mass is 10.1. The van der Waals surface area contributed by atoms with Crippen LogP contribution in [-0.2, 0) is 33.7 Å². The second-order valence-electron chi connectivity index (χ2n) is 6.69. The van der Waals surface area contributed by atoms with Crippen LogP contribution in [0.2, 0.25) is 10.0 Å². The molecular weight excluding hydrogens is 495 g/mol. The molecule has 1 atom stereocenters. The number of benzene rings is 1. The Bertz CT molecular complexity index is 1100. The van der Waals surface area contributed by atoms with Gasteiger partial charge in [-0.2, -0.15) is 4.80 Å². The number of aromatic nitrogens is 5. The maximum atomic E-state index is 12.6. The summed E-state index contributed by atoms with van der Waals surface area (Å²) in [6.07, 6.45) is 0.691. The molecule has 0 bridgehead atoms. The van der Waals surface area contributed by atoms with Crippen molar-refractivity contribution in [3.63, 3.8) is 0 Å². The van der Waals surface area contributed by atoms with Gasteiger partial charge in [0.2, 0.25) is 0 Å². The van der Waals surface area contributed by atoms with Gasteiger partial charge in [-0.05, 0) is 22.9 Å². The number of hydrogen-bond acceptors (Lipinski definition) is 9. The van der Waals surface area contributed by atoms with Gasteiger partial charge in [0.05, 0.1) is 18.0 Å². The number of nitrogens with one attached hydrogen (secondary N) is 1. The number of halogens is 2. The number of carboxylic acid groups (broad SMARTS) is 1. The van der Waals surface area contributed by atoms with Crippen LogP contribution >= 0.6 is 34.5 Å². The molecule has 1 amide bonds. The number of ether oxygens (including phenoxy) is 1. The van der Waals surface area contributed by atoms with Crippen LogP contribution in [0.3, 0.4) is 0 Å². The van der Waals surface area contributed by atoms with Crippen molar-refractivity contribution in [1.82, 2.24) is 30.5 Å². The van der Waals surface area contributed by atoms with E-state index in [1.807, 2.05) is 0 Å². The van der Waals surface area contributed by atoms with Gasteiger partial charge in [0, 0.05) is 34.5 Å². The van der Waals surface area contributed by atoms with Gasteiger partial charge in [-0.3, -0.25) is 9.59 Å². The van der Waals surface area contributed by atoms with Gasteiger partial charge in [-0.15, -0.1) is 21.5 Å². The molecule has 2 aromatic heterocycles. The van der Waals surface area contributed by atoms with Crippen molar-refractivity contribution in [3.8, 4) is 0 Å². The number of rotatable bonds is 11. The fraction of sp³-hybridized carbons (Fsp3) is 0.316. The lowest BCUT2D eigenvalue weighted by molar-refractivity contribution is -0.139. The van der Waals surface area contributed by atoms with Gasteiger partial charge in [0.1, 0.15) is 12.6 Å². The SMILES string of the molecule is O=C(O)CC(NC(=O)OCCc1nccs1)C(=O)Cn1nnc(Cc2c(Cl)cccc2Cl)n1. The van der Waals surface area contributed by atoms with E-state index in [0.29, 0.717) is 22.0 Å². The van der Waals surface area contributed by atoms with Crippen LogP contribution in [0.4, 0.5) is 4.79 Å². The summed E-state index contributed by atoms with van der Waals surface area (Å²) in [5.41, 5.74) is 0.609. The average molecular weight is 513 g/mol. The average Bonchev–Trinajstić information content (AvgIpc) is 3.42. The van der Waals surface area contributed by atoms with Gasteiger partial charge in [-0.25, -0.2) is 9.78 Å². The topological polar surface area (TPSA) is 149 Å². The molecule has 3 aromatic rings. The molecule has 2 heterocycles. The third-order valence-corrected chi connectivity index (χ3v) is 5.83. The molecule has 0 saturated carbocycles. The van der Waals surface area contributed by atoms with E-state index in [-0.39, 0.29) is 18.9 Å². The van der Waals surface area contributed by atoms with Crippen LogP contribution in [0.1, 0.15) is 22.8 Å². The lowest BCUT2D eigenvalue weighted by Crippen LogP contribution is -2.44. The monoisotopic (exact) mass is 512 g/mol. The predicted molar refractivity (Wildman–Crippen MR) is 118 cm³/mol. The third-order valence-electron chi connectivity index (χ3n) is 4.28. The molecule has 33 heavy (non-hydrogen) atoms. The first-order valence-corrected chi connectivity index (χ1v) is 11.2. The number of carboxylic acids is 1. The van der Waals surface area contributed by atoms with Gasteiger partial charge < -0.3 is 15.2 Å². The predicted octanol–water partition coefficient (Wildman–Crippen LogP) is 2.41. The zero-order chi connectivity index (χ0) is 23.8. The van der Waals surface area contributed by atoms with E-state index in [0.717, 1.165) is 9.80 Å². The first-order valence-electron chi connectivity index (χ1n) is 9.57. The van der Waals surface area contributed by atoms with E-state index in [1.165, 1.54) is 11.3 Å². The van der Waals surface area contributed by atoms with Gasteiger partial charge >= 0.3 is 12.1 Å². The zero-order valence-corrected chi connectivity index (χ0v) is 19.3. The molecule has 174 valence electrons. The molecule has 14 heteroatoms. The minimum atomic E-state index is -1.33. The molecule has 0 aliphatic carbocycles. The number of thiazole rings is 1. The number of carbonyl (C=O) groups excluding carboxylic acids is 2. The normalized spacial score (nSPS) is 11.7. The first-order chi connectivity index (χ1) is 15.8. The number of aliphatic carboxylic acids is 1. The highest BCUT2D eigenvalue weighted by Gasteiger charge is 2.25. The van der Waals surface area contributed by atoms with Crippen LogP contribution in [0, 0.1) is 0 Å². The van der Waals surface area contributed by atoms with Gasteiger partial charge in [0.25, 0.3) is 0 Å². The lowest BCUT2D eigenvalue weighted by Gasteiger charge is -2.15. The maximum Gasteiger partial charge on any atom is 0.407 e. The van der Waals surface area contributed by atoms with E-state index in [2.05, 4.69) is 25.7 Å². The number of tetrazole rings is 1. The quantitative estimate of drug-likeness (QED) is 0.394. The van der Waals surface area contributed by atoms with Crippen molar-refractivity contribution in [2.75, 3.05) is 6.61 Å². The van der Waals surface area contributed by atoms with Gasteiger partial charge in [0.15, 0.2) is 11.6 Å². The summed E-state index contributed by atoms with van der Waals surface area (Å²) < 4.78 is 5.02. The summed E-state index contributed by atoms with van der Waals surface area (Å²) in [5, 5.41) is 26.6. The minimum absolute atomic E-state index is 0.0337. The Labute approximate surface area is 201 Å². The number of nitrogens with zero attached hydrogens (tertiary/aromatic N) is 5. The van der Waals surface area contributed by atoms with Crippen LogP contribution in [0.15, 0.2) is 29.8 Å². The van der Waals surface area contributed by atoms with E-state index in [9.17, 15) is 14.4 Å². The summed E-state index contributed by atoms with van der Waals surface area (Å²) in [6, 6.07) is 3.72. The van der Waals surface area contributed by atoms with E-state index >= 15 is 0 Å².